The van der Waals surface area contributed by atoms with Crippen molar-refractivity contribution in [2.24, 2.45) is 0 Å². The summed E-state index contributed by atoms with van der Waals surface area (Å²) >= 11 is 0. The molecule has 7 heteroatoms. The molecule has 3 rings (SSSR count). The van der Waals surface area contributed by atoms with Gasteiger partial charge in [0.2, 0.25) is 0 Å². The first kappa shape index (κ1) is 15.0. The second-order valence-corrected chi connectivity index (χ2v) is 4.99. The average molecular weight is 313 g/mol. The van der Waals surface area contributed by atoms with Gasteiger partial charge < -0.3 is 9.84 Å². The predicted octanol–water partition coefficient (Wildman–Crippen LogP) is 1.10. The summed E-state index contributed by atoms with van der Waals surface area (Å²) in [6.07, 6.45) is 0. The first-order valence-corrected chi connectivity index (χ1v) is 7.03. The van der Waals surface area contributed by atoms with Crippen LogP contribution in [0.1, 0.15) is 0 Å². The monoisotopic (exact) mass is 313 g/mol. The number of fused-ring (bicyclic) bond motifs is 1. The molecule has 0 bridgehead atoms. The Kier molecular flexibility index (Phi) is 3.94. The standard InChI is InChI=1S/C16H15N3O4/c1-23-9-8-19-14-11(15(21)18-16(19)22)6-7-12(17-14)10-4-2-3-5-13(10)20/h2-7,20H,8-9H2,1H3,(H,18,21,22). The van der Waals surface area contributed by atoms with Crippen LogP contribution in [-0.4, -0.2) is 33.4 Å². The van der Waals surface area contributed by atoms with Crippen molar-refractivity contribution >= 4 is 11.0 Å². The van der Waals surface area contributed by atoms with Crippen molar-refractivity contribution < 1.29 is 9.84 Å². The highest BCUT2D eigenvalue weighted by Gasteiger charge is 2.12. The van der Waals surface area contributed by atoms with Crippen LogP contribution in [0.5, 0.6) is 5.75 Å². The van der Waals surface area contributed by atoms with E-state index in [1.54, 1.807) is 36.4 Å². The number of ether oxygens (including phenoxy) is 1. The van der Waals surface area contributed by atoms with Crippen LogP contribution in [0.4, 0.5) is 0 Å². The maximum absolute atomic E-state index is 12.0. The largest absolute Gasteiger partial charge is 0.507 e. The summed E-state index contributed by atoms with van der Waals surface area (Å²) in [5.74, 6) is 0.0787. The summed E-state index contributed by atoms with van der Waals surface area (Å²) in [5.41, 5.74) is 0.236. The first-order valence-electron chi connectivity index (χ1n) is 7.03. The Balaban J connectivity index is 2.27. The molecule has 0 aliphatic heterocycles. The lowest BCUT2D eigenvalue weighted by molar-refractivity contribution is 0.187. The third-order valence-electron chi connectivity index (χ3n) is 3.54. The molecule has 2 heterocycles. The molecule has 0 amide bonds. The van der Waals surface area contributed by atoms with Gasteiger partial charge in [-0.25, -0.2) is 9.78 Å². The van der Waals surface area contributed by atoms with Gasteiger partial charge in [0.25, 0.3) is 5.56 Å². The number of phenols is 1. The SMILES string of the molecule is COCCn1c(=O)[nH]c(=O)c2ccc(-c3ccccc3O)nc21. The van der Waals surface area contributed by atoms with Crippen LogP contribution in [0.3, 0.4) is 0 Å². The second-order valence-electron chi connectivity index (χ2n) is 4.99. The van der Waals surface area contributed by atoms with E-state index >= 15 is 0 Å². The number of benzene rings is 1. The normalized spacial score (nSPS) is 11.0. The van der Waals surface area contributed by atoms with E-state index < -0.39 is 11.2 Å². The molecule has 118 valence electrons. The minimum Gasteiger partial charge on any atom is -0.507 e. The molecule has 0 radical (unpaired) electrons. The van der Waals surface area contributed by atoms with E-state index in [0.717, 1.165) is 0 Å². The summed E-state index contributed by atoms with van der Waals surface area (Å²) in [7, 11) is 1.53. The van der Waals surface area contributed by atoms with E-state index in [-0.39, 0.29) is 17.9 Å². The lowest BCUT2D eigenvalue weighted by Crippen LogP contribution is -2.32. The lowest BCUT2D eigenvalue weighted by atomic mass is 10.1. The number of aromatic amines is 1. The van der Waals surface area contributed by atoms with Crippen molar-refractivity contribution in [1.82, 2.24) is 14.5 Å². The number of hydrogen-bond donors (Lipinski definition) is 2. The Labute approximate surface area is 130 Å². The summed E-state index contributed by atoms with van der Waals surface area (Å²) in [5, 5.41) is 10.3. The maximum atomic E-state index is 12.0. The highest BCUT2D eigenvalue weighted by atomic mass is 16.5. The Hall–Kier alpha value is -2.93. The molecule has 3 aromatic rings. The molecule has 23 heavy (non-hydrogen) atoms. The van der Waals surface area contributed by atoms with E-state index in [0.29, 0.717) is 23.3 Å². The molecule has 0 aliphatic carbocycles. The van der Waals surface area contributed by atoms with Gasteiger partial charge in [0.05, 0.1) is 24.2 Å². The molecular formula is C16H15N3O4. The fourth-order valence-electron chi connectivity index (χ4n) is 2.39. The molecule has 0 saturated carbocycles. The number of hydrogen-bond acceptors (Lipinski definition) is 5. The van der Waals surface area contributed by atoms with Gasteiger partial charge in [-0.05, 0) is 24.3 Å². The highest BCUT2D eigenvalue weighted by molar-refractivity contribution is 5.79. The summed E-state index contributed by atoms with van der Waals surface area (Å²) in [4.78, 5) is 30.7. The number of aromatic nitrogens is 3. The molecule has 0 unspecified atom stereocenters. The van der Waals surface area contributed by atoms with Crippen LogP contribution in [0, 0.1) is 0 Å². The van der Waals surface area contributed by atoms with Crippen molar-refractivity contribution in [3.63, 3.8) is 0 Å². The molecule has 0 spiro atoms. The predicted molar refractivity (Wildman–Crippen MR) is 85.6 cm³/mol. The van der Waals surface area contributed by atoms with E-state index in [1.807, 2.05) is 0 Å². The van der Waals surface area contributed by atoms with Crippen LogP contribution in [0.15, 0.2) is 46.0 Å². The van der Waals surface area contributed by atoms with Crippen LogP contribution < -0.4 is 11.2 Å². The molecule has 0 atom stereocenters. The number of nitrogens with one attached hydrogen (secondary N) is 1. The van der Waals surface area contributed by atoms with Gasteiger partial charge in [-0.1, -0.05) is 12.1 Å². The van der Waals surface area contributed by atoms with Crippen LogP contribution in [0.2, 0.25) is 0 Å². The van der Waals surface area contributed by atoms with E-state index in [9.17, 15) is 14.7 Å². The second kappa shape index (κ2) is 6.05. The minimum absolute atomic E-state index is 0.0787. The molecule has 1 aromatic carbocycles. The fourth-order valence-corrected chi connectivity index (χ4v) is 2.39. The zero-order valence-electron chi connectivity index (χ0n) is 12.4. The van der Waals surface area contributed by atoms with E-state index in [4.69, 9.17) is 4.74 Å². The maximum Gasteiger partial charge on any atom is 0.330 e. The van der Waals surface area contributed by atoms with Crippen LogP contribution >= 0.6 is 0 Å². The van der Waals surface area contributed by atoms with Gasteiger partial charge in [-0.2, -0.15) is 0 Å². The summed E-state index contributed by atoms with van der Waals surface area (Å²) in [6, 6.07) is 9.98. The average Bonchev–Trinajstić information content (AvgIpc) is 2.54. The Morgan fingerprint density at radius 3 is 2.74 bits per heavy atom. The number of nitrogens with zero attached hydrogens (tertiary/aromatic N) is 2. The summed E-state index contributed by atoms with van der Waals surface area (Å²) < 4.78 is 6.35. The summed E-state index contributed by atoms with van der Waals surface area (Å²) in [6.45, 7) is 0.573. The quantitative estimate of drug-likeness (QED) is 0.752. The zero-order chi connectivity index (χ0) is 16.4. The first-order chi connectivity index (χ1) is 11.1. The van der Waals surface area contributed by atoms with Gasteiger partial charge in [0, 0.05) is 12.7 Å². The number of pyridine rings is 1. The number of phenolic OH excluding ortho intramolecular Hbond substituents is 1. The molecular weight excluding hydrogens is 298 g/mol. The number of aromatic hydroxyl groups is 1. The van der Waals surface area contributed by atoms with E-state index in [2.05, 4.69) is 9.97 Å². The third-order valence-corrected chi connectivity index (χ3v) is 3.54. The number of rotatable bonds is 4. The number of H-pyrrole nitrogens is 1. The molecule has 7 nitrogen and oxygen atoms in total. The van der Waals surface area contributed by atoms with Crippen molar-refractivity contribution in [2.45, 2.75) is 6.54 Å². The van der Waals surface area contributed by atoms with Crippen LogP contribution in [0.25, 0.3) is 22.3 Å². The van der Waals surface area contributed by atoms with Crippen molar-refractivity contribution in [3.05, 3.63) is 57.2 Å². The van der Waals surface area contributed by atoms with Gasteiger partial charge in [-0.15, -0.1) is 0 Å². The molecule has 2 N–H and O–H groups in total. The Bertz CT molecular complexity index is 975. The lowest BCUT2D eigenvalue weighted by Gasteiger charge is -2.10. The zero-order valence-corrected chi connectivity index (χ0v) is 12.4. The van der Waals surface area contributed by atoms with Crippen molar-refractivity contribution in [1.29, 1.82) is 0 Å². The highest BCUT2D eigenvalue weighted by Crippen LogP contribution is 2.27. The molecule has 2 aromatic heterocycles. The van der Waals surface area contributed by atoms with Crippen molar-refractivity contribution in [3.8, 4) is 17.0 Å². The topological polar surface area (TPSA) is 97.2 Å². The van der Waals surface area contributed by atoms with E-state index in [1.165, 1.54) is 11.7 Å². The van der Waals surface area contributed by atoms with Gasteiger partial charge in [0.1, 0.15) is 11.4 Å². The van der Waals surface area contributed by atoms with Crippen LogP contribution in [-0.2, 0) is 11.3 Å². The molecule has 0 fully saturated rings. The van der Waals surface area contributed by atoms with Crippen molar-refractivity contribution in [2.75, 3.05) is 13.7 Å². The van der Waals surface area contributed by atoms with Gasteiger partial charge >= 0.3 is 5.69 Å². The van der Waals surface area contributed by atoms with Gasteiger partial charge in [0.15, 0.2) is 0 Å². The molecule has 0 aliphatic rings. The fraction of sp³-hybridized carbons (Fsp3) is 0.188. The number of methoxy groups -OCH3 is 1. The third kappa shape index (κ3) is 2.74. The smallest absolute Gasteiger partial charge is 0.330 e. The Morgan fingerprint density at radius 1 is 1.22 bits per heavy atom. The number of para-hydroxylation sites is 1. The molecule has 0 saturated heterocycles. The minimum atomic E-state index is -0.540. The Morgan fingerprint density at radius 2 is 2.00 bits per heavy atom. The van der Waals surface area contributed by atoms with Gasteiger partial charge in [-0.3, -0.25) is 14.3 Å².